The number of carboxylic acids is 1. The van der Waals surface area contributed by atoms with Crippen LogP contribution in [0.1, 0.15) is 16.3 Å². The van der Waals surface area contributed by atoms with Crippen LogP contribution >= 0.6 is 0 Å². The summed E-state index contributed by atoms with van der Waals surface area (Å²) >= 11 is 0. The number of hydrogen-bond donors (Lipinski definition) is 2. The number of H-pyrrole nitrogens is 1. The largest absolute Gasteiger partial charge is 0.476 e. The zero-order chi connectivity index (χ0) is 12.7. The van der Waals surface area contributed by atoms with Crippen LogP contribution < -0.4 is 0 Å². The van der Waals surface area contributed by atoms with Crippen molar-refractivity contribution in [2.24, 2.45) is 0 Å². The molecule has 0 amide bonds. The quantitative estimate of drug-likeness (QED) is 0.703. The molecule has 0 aliphatic rings. The number of carbonyl (C=O) groups is 1. The summed E-state index contributed by atoms with van der Waals surface area (Å²) in [6.45, 7) is 1.86. The van der Waals surface area contributed by atoms with Crippen LogP contribution in [0.2, 0.25) is 0 Å². The second-order valence-corrected chi connectivity index (χ2v) is 3.86. The Balaban J connectivity index is 2.18. The zero-order valence-electron chi connectivity index (χ0n) is 9.45. The van der Waals surface area contributed by atoms with Crippen LogP contribution in [0, 0.1) is 6.92 Å². The molecule has 0 fully saturated rings. The Bertz CT molecular complexity index is 743. The molecule has 3 rings (SSSR count). The maximum absolute atomic E-state index is 11.0. The first-order chi connectivity index (χ1) is 8.65. The van der Waals surface area contributed by atoms with E-state index in [4.69, 9.17) is 5.11 Å². The van der Waals surface area contributed by atoms with Gasteiger partial charge in [-0.2, -0.15) is 0 Å². The number of hydrogen-bond acceptors (Lipinski definition) is 4. The molecule has 2 N–H and O–H groups in total. The molecule has 2 heterocycles. The number of aromatic amines is 1. The number of imidazole rings is 1. The number of fused-ring (bicyclic) bond motifs is 1. The van der Waals surface area contributed by atoms with Gasteiger partial charge in [-0.25, -0.2) is 14.5 Å². The van der Waals surface area contributed by atoms with E-state index in [0.717, 1.165) is 16.9 Å². The van der Waals surface area contributed by atoms with E-state index in [1.165, 1.54) is 10.9 Å². The molecule has 0 aliphatic heterocycles. The van der Waals surface area contributed by atoms with Crippen molar-refractivity contribution in [1.29, 1.82) is 0 Å². The van der Waals surface area contributed by atoms with Gasteiger partial charge in [0.2, 0.25) is 0 Å². The van der Waals surface area contributed by atoms with Gasteiger partial charge in [-0.3, -0.25) is 0 Å². The van der Waals surface area contributed by atoms with Crippen molar-refractivity contribution in [3.05, 3.63) is 35.9 Å². The fourth-order valence-electron chi connectivity index (χ4n) is 1.83. The molecule has 0 aliphatic carbocycles. The number of rotatable bonds is 2. The average Bonchev–Trinajstić information content (AvgIpc) is 2.91. The van der Waals surface area contributed by atoms with Gasteiger partial charge in [-0.15, -0.1) is 5.10 Å². The average molecular weight is 243 g/mol. The third-order valence-corrected chi connectivity index (χ3v) is 2.60. The first-order valence-corrected chi connectivity index (χ1v) is 5.26. The zero-order valence-corrected chi connectivity index (χ0v) is 9.45. The van der Waals surface area contributed by atoms with Crippen LogP contribution in [-0.4, -0.2) is 36.0 Å². The molecule has 0 saturated carbocycles. The third-order valence-electron chi connectivity index (χ3n) is 2.60. The molecular formula is C11H9N5O2. The van der Waals surface area contributed by atoms with E-state index in [-0.39, 0.29) is 5.69 Å². The lowest BCUT2D eigenvalue weighted by Gasteiger charge is -2.02. The normalized spacial score (nSPS) is 10.9. The van der Waals surface area contributed by atoms with Crippen molar-refractivity contribution < 1.29 is 9.90 Å². The highest BCUT2D eigenvalue weighted by atomic mass is 16.4. The molecular weight excluding hydrogens is 234 g/mol. The van der Waals surface area contributed by atoms with Gasteiger partial charge in [0.1, 0.15) is 5.82 Å². The summed E-state index contributed by atoms with van der Waals surface area (Å²) < 4.78 is 1.28. The Morgan fingerprint density at radius 1 is 1.44 bits per heavy atom. The van der Waals surface area contributed by atoms with Gasteiger partial charge in [0.25, 0.3) is 0 Å². The molecule has 90 valence electrons. The van der Waals surface area contributed by atoms with Crippen molar-refractivity contribution in [2.45, 2.75) is 6.92 Å². The van der Waals surface area contributed by atoms with Crippen LogP contribution in [0.4, 0.5) is 0 Å². The molecule has 0 unspecified atom stereocenters. The Labute approximate surface area is 101 Å². The minimum absolute atomic E-state index is 0.0191. The van der Waals surface area contributed by atoms with Crippen LogP contribution in [0.25, 0.3) is 16.7 Å². The Hall–Kier alpha value is -2.70. The monoisotopic (exact) mass is 243 g/mol. The molecule has 0 radical (unpaired) electrons. The predicted molar refractivity (Wildman–Crippen MR) is 62.7 cm³/mol. The van der Waals surface area contributed by atoms with E-state index >= 15 is 0 Å². The van der Waals surface area contributed by atoms with Crippen molar-refractivity contribution in [3.63, 3.8) is 0 Å². The van der Waals surface area contributed by atoms with Crippen molar-refractivity contribution >= 4 is 17.0 Å². The molecule has 1 aromatic carbocycles. The summed E-state index contributed by atoms with van der Waals surface area (Å²) in [5.41, 5.74) is 2.30. The molecule has 0 atom stereocenters. The molecule has 7 nitrogen and oxygen atoms in total. The van der Waals surface area contributed by atoms with Gasteiger partial charge >= 0.3 is 5.97 Å². The highest BCUT2D eigenvalue weighted by molar-refractivity contribution is 5.86. The predicted octanol–water partition coefficient (Wildman–Crippen LogP) is 1.15. The molecule has 2 aromatic heterocycles. The second kappa shape index (κ2) is 3.66. The number of nitrogens with one attached hydrogen (secondary N) is 1. The SMILES string of the molecule is Cc1nc2ccc(-n3nncc3C(=O)O)cc2[nH]1. The lowest BCUT2D eigenvalue weighted by Crippen LogP contribution is -2.07. The van der Waals surface area contributed by atoms with Gasteiger partial charge in [-0.1, -0.05) is 5.21 Å². The van der Waals surface area contributed by atoms with Gasteiger partial charge in [0, 0.05) is 0 Å². The summed E-state index contributed by atoms with van der Waals surface area (Å²) in [6, 6.07) is 5.35. The van der Waals surface area contributed by atoms with E-state index in [9.17, 15) is 4.79 Å². The lowest BCUT2D eigenvalue weighted by atomic mass is 10.2. The van der Waals surface area contributed by atoms with Gasteiger partial charge in [0.05, 0.1) is 22.9 Å². The van der Waals surface area contributed by atoms with E-state index in [1.54, 1.807) is 12.1 Å². The first-order valence-electron chi connectivity index (χ1n) is 5.26. The van der Waals surface area contributed by atoms with Crippen LogP contribution in [0.3, 0.4) is 0 Å². The highest BCUT2D eigenvalue weighted by Gasteiger charge is 2.13. The lowest BCUT2D eigenvalue weighted by molar-refractivity contribution is 0.0687. The van der Waals surface area contributed by atoms with Gasteiger partial charge in [0.15, 0.2) is 5.69 Å². The van der Waals surface area contributed by atoms with E-state index in [1.807, 2.05) is 13.0 Å². The van der Waals surface area contributed by atoms with Gasteiger partial charge in [-0.05, 0) is 25.1 Å². The Morgan fingerprint density at radius 3 is 3.06 bits per heavy atom. The van der Waals surface area contributed by atoms with Crippen molar-refractivity contribution in [1.82, 2.24) is 25.0 Å². The van der Waals surface area contributed by atoms with Crippen molar-refractivity contribution in [3.8, 4) is 5.69 Å². The molecule has 0 spiro atoms. The summed E-state index contributed by atoms with van der Waals surface area (Å²) in [5, 5.41) is 16.4. The molecule has 0 saturated heterocycles. The van der Waals surface area contributed by atoms with Crippen LogP contribution in [-0.2, 0) is 0 Å². The first kappa shape index (κ1) is 10.5. The van der Waals surface area contributed by atoms with E-state index < -0.39 is 5.97 Å². The van der Waals surface area contributed by atoms with E-state index in [0.29, 0.717) is 5.69 Å². The molecule has 7 heteroatoms. The van der Waals surface area contributed by atoms with Crippen LogP contribution in [0.15, 0.2) is 24.4 Å². The third kappa shape index (κ3) is 1.53. The summed E-state index contributed by atoms with van der Waals surface area (Å²) in [6.07, 6.45) is 1.21. The molecule has 0 bridgehead atoms. The minimum atomic E-state index is -1.07. The number of aryl methyl sites for hydroxylation is 1. The number of benzene rings is 1. The highest BCUT2D eigenvalue weighted by Crippen LogP contribution is 2.17. The molecule has 3 aromatic rings. The Kier molecular flexibility index (Phi) is 2.12. The fourth-order valence-corrected chi connectivity index (χ4v) is 1.83. The number of nitrogens with zero attached hydrogens (tertiary/aromatic N) is 4. The summed E-state index contributed by atoms with van der Waals surface area (Å²) in [4.78, 5) is 18.4. The number of aromatic nitrogens is 5. The maximum Gasteiger partial charge on any atom is 0.356 e. The summed E-state index contributed by atoms with van der Waals surface area (Å²) in [5.74, 6) is -0.264. The summed E-state index contributed by atoms with van der Waals surface area (Å²) in [7, 11) is 0. The second-order valence-electron chi connectivity index (χ2n) is 3.86. The smallest absolute Gasteiger partial charge is 0.356 e. The minimum Gasteiger partial charge on any atom is -0.476 e. The van der Waals surface area contributed by atoms with Gasteiger partial charge < -0.3 is 10.1 Å². The number of carboxylic acid groups (broad SMARTS) is 1. The standard InChI is InChI=1S/C11H9N5O2/c1-6-13-8-3-2-7(4-9(8)14-6)16-10(11(17)18)5-12-15-16/h2-5H,1H3,(H,13,14)(H,17,18). The molecule has 18 heavy (non-hydrogen) atoms. The van der Waals surface area contributed by atoms with Crippen molar-refractivity contribution in [2.75, 3.05) is 0 Å². The van der Waals surface area contributed by atoms with E-state index in [2.05, 4.69) is 20.3 Å². The Morgan fingerprint density at radius 2 is 2.28 bits per heavy atom. The maximum atomic E-state index is 11.0. The van der Waals surface area contributed by atoms with Crippen LogP contribution in [0.5, 0.6) is 0 Å². The fraction of sp³-hybridized carbons (Fsp3) is 0.0909. The number of aromatic carboxylic acids is 1. The topological polar surface area (TPSA) is 96.7 Å².